The van der Waals surface area contributed by atoms with Crippen LogP contribution in [0.3, 0.4) is 0 Å². The van der Waals surface area contributed by atoms with Crippen molar-refractivity contribution in [1.29, 1.82) is 0 Å². The molecule has 0 N–H and O–H groups in total. The fourth-order valence-electron chi connectivity index (χ4n) is 2.77. The second kappa shape index (κ2) is 7.62. The summed E-state index contributed by atoms with van der Waals surface area (Å²) in [6.45, 7) is 0. The lowest BCUT2D eigenvalue weighted by atomic mass is 10.1. The van der Waals surface area contributed by atoms with Crippen molar-refractivity contribution in [3.8, 4) is 11.5 Å². The van der Waals surface area contributed by atoms with Gasteiger partial charge in [-0.2, -0.15) is 0 Å². The third-order valence-electron chi connectivity index (χ3n) is 4.09. The summed E-state index contributed by atoms with van der Waals surface area (Å²) < 4.78 is 12.0. The number of carbonyl (C=O) groups is 2. The van der Waals surface area contributed by atoms with E-state index in [4.69, 9.17) is 21.1 Å². The second-order valence-corrected chi connectivity index (χ2v) is 7.34. The van der Waals surface area contributed by atoms with E-state index in [2.05, 4.69) is 15.9 Å². The van der Waals surface area contributed by atoms with E-state index < -0.39 is 5.97 Å². The lowest BCUT2D eigenvalue weighted by molar-refractivity contribution is 0.0734. The van der Waals surface area contributed by atoms with Crippen LogP contribution >= 0.6 is 27.5 Å². The number of halogens is 2. The molecule has 0 unspecified atom stereocenters. The quantitative estimate of drug-likeness (QED) is 0.279. The summed E-state index contributed by atoms with van der Waals surface area (Å²) in [5, 5.41) is 0.305. The highest BCUT2D eigenvalue weighted by atomic mass is 79.9. The fourth-order valence-corrected chi connectivity index (χ4v) is 3.40. The molecule has 0 saturated carbocycles. The maximum absolute atomic E-state index is 12.6. The number of ketones is 1. The molecule has 1 aliphatic heterocycles. The van der Waals surface area contributed by atoms with Gasteiger partial charge in [-0.1, -0.05) is 51.8 Å². The van der Waals surface area contributed by atoms with Crippen LogP contribution in [-0.4, -0.2) is 11.8 Å². The Morgan fingerprint density at radius 2 is 1.86 bits per heavy atom. The first kappa shape index (κ1) is 18.5. The number of hydrogen-bond donors (Lipinski definition) is 0. The lowest BCUT2D eigenvalue weighted by Gasteiger charge is -2.06. The van der Waals surface area contributed by atoms with Crippen molar-refractivity contribution < 1.29 is 19.1 Å². The first-order chi connectivity index (χ1) is 13.5. The van der Waals surface area contributed by atoms with E-state index in [1.807, 2.05) is 24.3 Å². The Labute approximate surface area is 174 Å². The summed E-state index contributed by atoms with van der Waals surface area (Å²) in [5.74, 6) is 0.0114. The maximum atomic E-state index is 12.6. The summed E-state index contributed by atoms with van der Waals surface area (Å²) in [7, 11) is 0. The van der Waals surface area contributed by atoms with E-state index in [1.54, 1.807) is 42.5 Å². The number of esters is 1. The number of allylic oxidation sites excluding steroid dienone is 1. The number of benzene rings is 3. The minimum Gasteiger partial charge on any atom is -0.452 e. The van der Waals surface area contributed by atoms with E-state index in [0.29, 0.717) is 16.3 Å². The fraction of sp³-hybridized carbons (Fsp3) is 0. The van der Waals surface area contributed by atoms with Crippen molar-refractivity contribution in [3.05, 3.63) is 98.7 Å². The molecule has 0 spiro atoms. The van der Waals surface area contributed by atoms with Crippen LogP contribution in [0.5, 0.6) is 11.5 Å². The average Bonchev–Trinajstić information content (AvgIpc) is 2.97. The van der Waals surface area contributed by atoms with Gasteiger partial charge in [-0.3, -0.25) is 4.79 Å². The molecule has 28 heavy (non-hydrogen) atoms. The van der Waals surface area contributed by atoms with Gasteiger partial charge in [0.2, 0.25) is 5.78 Å². The van der Waals surface area contributed by atoms with Crippen LogP contribution in [0.2, 0.25) is 5.02 Å². The molecular weight excluding hydrogens is 444 g/mol. The molecule has 138 valence electrons. The SMILES string of the molecule is O=C(Oc1ccc2c(c1)O/C(=C\c1cccc(Br)c1)C2=O)c1ccccc1Cl. The van der Waals surface area contributed by atoms with Crippen molar-refractivity contribution in [2.75, 3.05) is 0 Å². The molecule has 0 fully saturated rings. The van der Waals surface area contributed by atoms with Crippen molar-refractivity contribution >= 4 is 45.4 Å². The second-order valence-electron chi connectivity index (χ2n) is 6.02. The number of hydrogen-bond acceptors (Lipinski definition) is 4. The van der Waals surface area contributed by atoms with Crippen LogP contribution in [-0.2, 0) is 0 Å². The summed E-state index contributed by atoms with van der Waals surface area (Å²) in [6, 6.07) is 18.8. The van der Waals surface area contributed by atoms with Gasteiger partial charge in [0.1, 0.15) is 11.5 Å². The first-order valence-corrected chi connectivity index (χ1v) is 9.49. The number of fused-ring (bicyclic) bond motifs is 1. The lowest BCUT2D eigenvalue weighted by Crippen LogP contribution is -2.09. The van der Waals surface area contributed by atoms with Crippen LogP contribution in [0.15, 0.2) is 77.0 Å². The Morgan fingerprint density at radius 1 is 1.04 bits per heavy atom. The van der Waals surface area contributed by atoms with E-state index >= 15 is 0 Å². The van der Waals surface area contributed by atoms with E-state index in [1.165, 1.54) is 6.07 Å². The minimum atomic E-state index is -0.584. The van der Waals surface area contributed by atoms with Gasteiger partial charge >= 0.3 is 5.97 Å². The van der Waals surface area contributed by atoms with E-state index in [0.717, 1.165) is 10.0 Å². The number of ether oxygens (including phenoxy) is 2. The van der Waals surface area contributed by atoms with Gasteiger partial charge in [-0.15, -0.1) is 0 Å². The van der Waals surface area contributed by atoms with Crippen LogP contribution in [0, 0.1) is 0 Å². The largest absolute Gasteiger partial charge is 0.452 e. The van der Waals surface area contributed by atoms with Gasteiger partial charge in [0.25, 0.3) is 0 Å². The third kappa shape index (κ3) is 3.72. The van der Waals surface area contributed by atoms with Crippen LogP contribution in [0.4, 0.5) is 0 Å². The molecule has 3 aromatic rings. The molecule has 6 heteroatoms. The Kier molecular flexibility index (Phi) is 5.03. The maximum Gasteiger partial charge on any atom is 0.345 e. The molecule has 0 amide bonds. The molecular formula is C22H12BrClO4. The van der Waals surface area contributed by atoms with Crippen LogP contribution in [0.25, 0.3) is 6.08 Å². The van der Waals surface area contributed by atoms with Gasteiger partial charge in [-0.05, 0) is 48.0 Å². The zero-order valence-corrected chi connectivity index (χ0v) is 16.7. The highest BCUT2D eigenvalue weighted by Crippen LogP contribution is 2.35. The van der Waals surface area contributed by atoms with Crippen molar-refractivity contribution in [2.45, 2.75) is 0 Å². The molecule has 0 aliphatic carbocycles. The molecule has 0 atom stereocenters. The van der Waals surface area contributed by atoms with Crippen LogP contribution in [0.1, 0.15) is 26.3 Å². The Hall–Kier alpha value is -2.89. The predicted octanol–water partition coefficient (Wildman–Crippen LogP) is 5.94. The highest BCUT2D eigenvalue weighted by Gasteiger charge is 2.28. The molecule has 0 saturated heterocycles. The van der Waals surface area contributed by atoms with E-state index in [9.17, 15) is 9.59 Å². The summed E-state index contributed by atoms with van der Waals surface area (Å²) >= 11 is 9.42. The summed E-state index contributed by atoms with van der Waals surface area (Å²) in [4.78, 5) is 24.9. The Morgan fingerprint density at radius 3 is 2.64 bits per heavy atom. The third-order valence-corrected chi connectivity index (χ3v) is 4.92. The molecule has 0 aromatic heterocycles. The van der Waals surface area contributed by atoms with Crippen molar-refractivity contribution in [1.82, 2.24) is 0 Å². The standard InChI is InChI=1S/C22H12BrClO4/c23-14-5-3-4-13(10-14)11-20-21(25)17-9-8-15(12-19(17)28-20)27-22(26)16-6-1-2-7-18(16)24/h1-12H/b20-11-. The monoisotopic (exact) mass is 454 g/mol. The van der Waals surface area contributed by atoms with Gasteiger partial charge in [0, 0.05) is 10.5 Å². The molecule has 4 rings (SSSR count). The zero-order valence-electron chi connectivity index (χ0n) is 14.3. The average molecular weight is 456 g/mol. The van der Waals surface area contributed by atoms with Crippen molar-refractivity contribution in [2.24, 2.45) is 0 Å². The molecule has 0 bridgehead atoms. The van der Waals surface area contributed by atoms with Crippen LogP contribution < -0.4 is 9.47 Å². The van der Waals surface area contributed by atoms with Gasteiger partial charge in [0.15, 0.2) is 5.76 Å². The minimum absolute atomic E-state index is 0.211. The van der Waals surface area contributed by atoms with Gasteiger partial charge < -0.3 is 9.47 Å². The van der Waals surface area contributed by atoms with Gasteiger partial charge in [-0.25, -0.2) is 4.79 Å². The van der Waals surface area contributed by atoms with Crippen molar-refractivity contribution in [3.63, 3.8) is 0 Å². The molecule has 0 radical (unpaired) electrons. The number of carbonyl (C=O) groups excluding carboxylic acids is 2. The Bertz CT molecular complexity index is 1140. The number of Topliss-reactive ketones (excluding diaryl/α,β-unsaturated/α-hetero) is 1. The smallest absolute Gasteiger partial charge is 0.345 e. The highest BCUT2D eigenvalue weighted by molar-refractivity contribution is 9.10. The topological polar surface area (TPSA) is 52.6 Å². The molecule has 3 aromatic carbocycles. The first-order valence-electron chi connectivity index (χ1n) is 8.32. The molecule has 4 nitrogen and oxygen atoms in total. The molecule has 1 heterocycles. The normalized spacial score (nSPS) is 13.9. The number of rotatable bonds is 3. The molecule has 1 aliphatic rings. The van der Waals surface area contributed by atoms with E-state index in [-0.39, 0.29) is 22.9 Å². The predicted molar refractivity (Wildman–Crippen MR) is 110 cm³/mol. The summed E-state index contributed by atoms with van der Waals surface area (Å²) in [6.07, 6.45) is 1.67. The van der Waals surface area contributed by atoms with Gasteiger partial charge in [0.05, 0.1) is 16.1 Å². The Balaban J connectivity index is 1.57. The zero-order chi connectivity index (χ0) is 19.7. The summed E-state index contributed by atoms with van der Waals surface area (Å²) in [5.41, 5.74) is 1.51.